The third-order valence-corrected chi connectivity index (χ3v) is 2.90. The topological polar surface area (TPSA) is 15.3 Å². The molecule has 0 radical (unpaired) electrons. The molecule has 0 spiro atoms. The van der Waals surface area contributed by atoms with Crippen LogP contribution in [0.5, 0.6) is 0 Å². The molecule has 1 aromatic carbocycles. The second-order valence-electron chi connectivity index (χ2n) is 4.24. The maximum Gasteiger partial charge on any atom is 0.136 e. The second kappa shape index (κ2) is 6.02. The number of halogens is 3. The summed E-state index contributed by atoms with van der Waals surface area (Å²) >= 11 is 0. The van der Waals surface area contributed by atoms with Crippen LogP contribution in [0.2, 0.25) is 0 Å². The lowest BCUT2D eigenvalue weighted by molar-refractivity contribution is 0.265. The smallest absolute Gasteiger partial charge is 0.136 e. The molecule has 2 nitrogen and oxygen atoms in total. The van der Waals surface area contributed by atoms with Crippen LogP contribution in [-0.4, -0.2) is 37.6 Å². The van der Waals surface area contributed by atoms with Crippen molar-refractivity contribution in [1.82, 2.24) is 10.2 Å². The zero-order valence-electron chi connectivity index (χ0n) is 9.93. The van der Waals surface area contributed by atoms with Crippen LogP contribution >= 0.6 is 0 Å². The molecule has 1 saturated heterocycles. The van der Waals surface area contributed by atoms with Crippen molar-refractivity contribution in [3.8, 4) is 0 Å². The average molecular weight is 256 g/mol. The van der Waals surface area contributed by atoms with Crippen LogP contribution in [0, 0.1) is 17.5 Å². The fraction of sp³-hybridized carbons (Fsp3) is 0.385. The molecule has 5 heteroatoms. The summed E-state index contributed by atoms with van der Waals surface area (Å²) in [5.41, 5.74) is -0.188. The molecule has 18 heavy (non-hydrogen) atoms. The number of hydrogen-bond donors (Lipinski definition) is 1. The Morgan fingerprint density at radius 3 is 2.33 bits per heavy atom. The highest BCUT2D eigenvalue weighted by Crippen LogP contribution is 2.16. The Bertz CT molecular complexity index is 417. The van der Waals surface area contributed by atoms with Crippen molar-refractivity contribution in [1.29, 1.82) is 0 Å². The predicted molar refractivity (Wildman–Crippen MR) is 64.7 cm³/mol. The Hall–Kier alpha value is -1.33. The van der Waals surface area contributed by atoms with E-state index in [0.29, 0.717) is 18.7 Å². The molecule has 0 amide bonds. The van der Waals surface area contributed by atoms with Crippen LogP contribution in [0.15, 0.2) is 18.2 Å². The number of piperazine rings is 1. The summed E-state index contributed by atoms with van der Waals surface area (Å²) < 4.78 is 39.3. The van der Waals surface area contributed by atoms with Crippen LogP contribution in [0.25, 0.3) is 6.08 Å². The molecule has 1 N–H and O–H groups in total. The number of hydrogen-bond acceptors (Lipinski definition) is 2. The van der Waals surface area contributed by atoms with E-state index in [1.54, 1.807) is 6.08 Å². The molecule has 2 rings (SSSR count). The Morgan fingerprint density at radius 1 is 1.11 bits per heavy atom. The zero-order chi connectivity index (χ0) is 13.0. The fourth-order valence-electron chi connectivity index (χ4n) is 1.93. The van der Waals surface area contributed by atoms with Crippen molar-refractivity contribution >= 4 is 6.08 Å². The standard InChI is InChI=1S/C13H15F3N2/c14-10-8-12(15)11(13(16)9-10)2-1-5-18-6-3-17-4-7-18/h1-2,8-9,17H,3-7H2. The summed E-state index contributed by atoms with van der Waals surface area (Å²) in [5.74, 6) is -2.64. The van der Waals surface area contributed by atoms with Gasteiger partial charge in [-0.1, -0.05) is 12.2 Å². The minimum absolute atomic E-state index is 0.188. The second-order valence-corrected chi connectivity index (χ2v) is 4.24. The van der Waals surface area contributed by atoms with Gasteiger partial charge in [0.25, 0.3) is 0 Å². The van der Waals surface area contributed by atoms with Gasteiger partial charge in [-0.15, -0.1) is 0 Å². The molecule has 1 aromatic rings. The van der Waals surface area contributed by atoms with Crippen molar-refractivity contribution < 1.29 is 13.2 Å². The highest BCUT2D eigenvalue weighted by Gasteiger charge is 2.09. The maximum atomic E-state index is 13.3. The largest absolute Gasteiger partial charge is 0.314 e. The monoisotopic (exact) mass is 256 g/mol. The molecule has 0 unspecified atom stereocenters. The van der Waals surface area contributed by atoms with E-state index in [1.165, 1.54) is 6.08 Å². The summed E-state index contributed by atoms with van der Waals surface area (Å²) in [4.78, 5) is 2.17. The van der Waals surface area contributed by atoms with Gasteiger partial charge in [-0.05, 0) is 0 Å². The average Bonchev–Trinajstić information content (AvgIpc) is 2.34. The van der Waals surface area contributed by atoms with Gasteiger partial charge in [0.15, 0.2) is 0 Å². The van der Waals surface area contributed by atoms with Gasteiger partial charge in [-0.3, -0.25) is 4.90 Å². The summed E-state index contributed by atoms with van der Waals surface area (Å²) in [7, 11) is 0. The van der Waals surface area contributed by atoms with Gasteiger partial charge in [0, 0.05) is 50.4 Å². The van der Waals surface area contributed by atoms with Gasteiger partial charge in [-0.25, -0.2) is 13.2 Å². The molecule has 0 atom stereocenters. The highest BCUT2D eigenvalue weighted by atomic mass is 19.1. The molecule has 1 heterocycles. The Kier molecular flexibility index (Phi) is 4.38. The first-order chi connectivity index (χ1) is 8.66. The molecule has 0 aromatic heterocycles. The van der Waals surface area contributed by atoms with E-state index in [1.807, 2.05) is 0 Å². The van der Waals surface area contributed by atoms with Crippen LogP contribution in [-0.2, 0) is 0 Å². The number of benzene rings is 1. The third kappa shape index (κ3) is 3.34. The molecule has 1 aliphatic heterocycles. The first-order valence-electron chi connectivity index (χ1n) is 5.91. The predicted octanol–water partition coefficient (Wildman–Crippen LogP) is 2.02. The van der Waals surface area contributed by atoms with E-state index in [0.717, 1.165) is 26.2 Å². The van der Waals surface area contributed by atoms with Crippen LogP contribution in [0.1, 0.15) is 5.56 Å². The molecular weight excluding hydrogens is 241 g/mol. The van der Waals surface area contributed by atoms with Gasteiger partial charge in [0.1, 0.15) is 17.5 Å². The van der Waals surface area contributed by atoms with Crippen LogP contribution in [0.3, 0.4) is 0 Å². The molecule has 0 saturated carbocycles. The van der Waals surface area contributed by atoms with Crippen molar-refractivity contribution in [3.05, 3.63) is 41.2 Å². The Morgan fingerprint density at radius 2 is 1.72 bits per heavy atom. The lowest BCUT2D eigenvalue weighted by atomic mass is 10.1. The summed E-state index contributed by atoms with van der Waals surface area (Å²) in [6, 6.07) is 1.38. The van der Waals surface area contributed by atoms with E-state index >= 15 is 0 Å². The van der Waals surface area contributed by atoms with Gasteiger partial charge in [-0.2, -0.15) is 0 Å². The molecule has 0 bridgehead atoms. The van der Waals surface area contributed by atoms with E-state index in [-0.39, 0.29) is 5.56 Å². The van der Waals surface area contributed by atoms with Crippen molar-refractivity contribution in [2.24, 2.45) is 0 Å². The first kappa shape index (κ1) is 13.1. The SMILES string of the molecule is Fc1cc(F)c(C=CCN2CCNCC2)c(F)c1. The lowest BCUT2D eigenvalue weighted by Crippen LogP contribution is -2.43. The van der Waals surface area contributed by atoms with E-state index in [4.69, 9.17) is 0 Å². The quantitative estimate of drug-likeness (QED) is 0.890. The van der Waals surface area contributed by atoms with E-state index in [2.05, 4.69) is 10.2 Å². The van der Waals surface area contributed by atoms with Crippen molar-refractivity contribution in [2.75, 3.05) is 32.7 Å². The van der Waals surface area contributed by atoms with Crippen molar-refractivity contribution in [2.45, 2.75) is 0 Å². The number of nitrogens with zero attached hydrogens (tertiary/aromatic N) is 1. The molecular formula is C13H15F3N2. The lowest BCUT2D eigenvalue weighted by Gasteiger charge is -2.25. The van der Waals surface area contributed by atoms with Gasteiger partial charge in [0.05, 0.1) is 0 Å². The fourth-order valence-corrected chi connectivity index (χ4v) is 1.93. The zero-order valence-corrected chi connectivity index (χ0v) is 9.93. The van der Waals surface area contributed by atoms with Crippen LogP contribution < -0.4 is 5.32 Å². The third-order valence-electron chi connectivity index (χ3n) is 2.90. The van der Waals surface area contributed by atoms with Crippen molar-refractivity contribution in [3.63, 3.8) is 0 Å². The first-order valence-corrected chi connectivity index (χ1v) is 5.91. The Labute approximate surface area is 104 Å². The van der Waals surface area contributed by atoms with Gasteiger partial charge < -0.3 is 5.32 Å². The van der Waals surface area contributed by atoms with Gasteiger partial charge in [0.2, 0.25) is 0 Å². The number of nitrogens with one attached hydrogen (secondary N) is 1. The normalized spacial score (nSPS) is 17.5. The molecule has 1 aliphatic rings. The van der Waals surface area contributed by atoms with E-state index < -0.39 is 17.5 Å². The minimum atomic E-state index is -0.899. The summed E-state index contributed by atoms with van der Waals surface area (Å²) in [6.45, 7) is 4.32. The molecule has 0 aliphatic carbocycles. The summed E-state index contributed by atoms with van der Waals surface area (Å²) in [5, 5.41) is 3.22. The highest BCUT2D eigenvalue weighted by molar-refractivity contribution is 5.51. The van der Waals surface area contributed by atoms with E-state index in [9.17, 15) is 13.2 Å². The van der Waals surface area contributed by atoms with Gasteiger partial charge >= 0.3 is 0 Å². The molecule has 98 valence electrons. The minimum Gasteiger partial charge on any atom is -0.314 e. The van der Waals surface area contributed by atoms with Crippen LogP contribution in [0.4, 0.5) is 13.2 Å². The number of rotatable bonds is 3. The Balaban J connectivity index is 2.00. The summed E-state index contributed by atoms with van der Waals surface area (Å²) in [6.07, 6.45) is 3.07. The maximum absolute atomic E-state index is 13.3. The molecule has 1 fully saturated rings.